The topological polar surface area (TPSA) is 43.2 Å². The Labute approximate surface area is 58.2 Å². The van der Waals surface area contributed by atoms with Gasteiger partial charge in [0, 0.05) is 7.05 Å². The van der Waals surface area contributed by atoms with Gasteiger partial charge >= 0.3 is 0 Å². The van der Waals surface area contributed by atoms with Gasteiger partial charge in [0.1, 0.15) is 5.70 Å². The lowest BCUT2D eigenvalue weighted by Crippen LogP contribution is -2.41. The SMILES string of the molecule is CN1N=CC2=CC=NNN21. The molecule has 0 saturated carbocycles. The van der Waals surface area contributed by atoms with E-state index in [0.717, 1.165) is 5.70 Å². The van der Waals surface area contributed by atoms with Crippen LogP contribution in [0.25, 0.3) is 0 Å². The van der Waals surface area contributed by atoms with Crippen molar-refractivity contribution in [3.8, 4) is 0 Å². The lowest BCUT2D eigenvalue weighted by atomic mass is 10.4. The Bertz CT molecular complexity index is 228. The summed E-state index contributed by atoms with van der Waals surface area (Å²) in [6.45, 7) is 0. The van der Waals surface area contributed by atoms with Crippen LogP contribution in [0.5, 0.6) is 0 Å². The number of nitrogens with zero attached hydrogens (tertiary/aromatic N) is 4. The fourth-order valence-electron chi connectivity index (χ4n) is 0.854. The van der Waals surface area contributed by atoms with Gasteiger partial charge in [0.15, 0.2) is 0 Å². The number of hydrazine groups is 2. The van der Waals surface area contributed by atoms with Crippen molar-refractivity contribution in [2.24, 2.45) is 10.2 Å². The number of hydrazone groups is 2. The first-order chi connectivity index (χ1) is 4.88. The van der Waals surface area contributed by atoms with Crippen LogP contribution in [0, 0.1) is 0 Å². The largest absolute Gasteiger partial charge is 0.198 e. The van der Waals surface area contributed by atoms with Crippen LogP contribution < -0.4 is 5.53 Å². The van der Waals surface area contributed by atoms with Crippen molar-refractivity contribution in [2.75, 3.05) is 7.05 Å². The molecule has 0 amide bonds. The van der Waals surface area contributed by atoms with E-state index in [-0.39, 0.29) is 0 Å². The van der Waals surface area contributed by atoms with E-state index < -0.39 is 0 Å². The van der Waals surface area contributed by atoms with Crippen LogP contribution in [0.1, 0.15) is 0 Å². The third kappa shape index (κ3) is 0.570. The van der Waals surface area contributed by atoms with Crippen LogP contribution in [-0.4, -0.2) is 29.7 Å². The summed E-state index contributed by atoms with van der Waals surface area (Å²) in [6.07, 6.45) is 5.33. The minimum Gasteiger partial charge on any atom is -0.198 e. The minimum atomic E-state index is 0.998. The lowest BCUT2D eigenvalue weighted by Gasteiger charge is -2.25. The van der Waals surface area contributed by atoms with Gasteiger partial charge in [-0.1, -0.05) is 0 Å². The molecule has 0 atom stereocenters. The van der Waals surface area contributed by atoms with Gasteiger partial charge in [-0.05, 0) is 6.08 Å². The van der Waals surface area contributed by atoms with E-state index in [1.165, 1.54) is 0 Å². The number of allylic oxidation sites excluding steroid dienone is 2. The third-order valence-corrected chi connectivity index (χ3v) is 1.36. The molecule has 5 nitrogen and oxygen atoms in total. The molecule has 0 radical (unpaired) electrons. The van der Waals surface area contributed by atoms with Crippen LogP contribution in [-0.2, 0) is 0 Å². The second-order valence-corrected chi connectivity index (χ2v) is 2.02. The molecule has 0 fully saturated rings. The van der Waals surface area contributed by atoms with E-state index in [2.05, 4.69) is 15.7 Å². The smallest absolute Gasteiger partial charge is 0.106 e. The molecule has 0 spiro atoms. The fraction of sp³-hybridized carbons (Fsp3) is 0.200. The van der Waals surface area contributed by atoms with Crippen LogP contribution in [0.15, 0.2) is 22.0 Å². The van der Waals surface area contributed by atoms with Crippen LogP contribution in [0.4, 0.5) is 0 Å². The second kappa shape index (κ2) is 1.73. The summed E-state index contributed by atoms with van der Waals surface area (Å²) < 4.78 is 0. The summed E-state index contributed by atoms with van der Waals surface area (Å²) in [7, 11) is 1.84. The Balaban J connectivity index is 2.30. The summed E-state index contributed by atoms with van der Waals surface area (Å²) in [4.78, 5) is 0. The molecule has 5 heteroatoms. The fourth-order valence-corrected chi connectivity index (χ4v) is 0.854. The molecule has 10 heavy (non-hydrogen) atoms. The highest BCUT2D eigenvalue weighted by molar-refractivity contribution is 5.87. The van der Waals surface area contributed by atoms with Gasteiger partial charge in [0.05, 0.1) is 12.4 Å². The van der Waals surface area contributed by atoms with Gasteiger partial charge in [0.2, 0.25) is 0 Å². The normalized spacial score (nSPS) is 20.7. The standard InChI is InChI=1S/C5H7N5/c1-9-7-4-5-2-3-6-8-10(5)9/h2-4,8H,1H3. The molecule has 2 aliphatic heterocycles. The van der Waals surface area contributed by atoms with Crippen molar-refractivity contribution in [2.45, 2.75) is 0 Å². The van der Waals surface area contributed by atoms with E-state index in [4.69, 9.17) is 0 Å². The van der Waals surface area contributed by atoms with E-state index in [1.807, 2.05) is 13.1 Å². The van der Waals surface area contributed by atoms with E-state index >= 15 is 0 Å². The van der Waals surface area contributed by atoms with Crippen molar-refractivity contribution in [3.63, 3.8) is 0 Å². The molecule has 0 bridgehead atoms. The minimum absolute atomic E-state index is 0.998. The zero-order valence-electron chi connectivity index (χ0n) is 5.52. The van der Waals surface area contributed by atoms with E-state index in [9.17, 15) is 0 Å². The van der Waals surface area contributed by atoms with Crippen molar-refractivity contribution >= 4 is 12.4 Å². The average Bonchev–Trinajstić information content (AvgIpc) is 2.34. The maximum absolute atomic E-state index is 4.00. The highest BCUT2D eigenvalue weighted by Gasteiger charge is 2.18. The van der Waals surface area contributed by atoms with Crippen molar-refractivity contribution in [1.29, 1.82) is 0 Å². The summed E-state index contributed by atoms with van der Waals surface area (Å²) >= 11 is 0. The Morgan fingerprint density at radius 2 is 2.50 bits per heavy atom. The van der Waals surface area contributed by atoms with E-state index in [1.54, 1.807) is 22.7 Å². The quantitative estimate of drug-likeness (QED) is 0.490. The van der Waals surface area contributed by atoms with Gasteiger partial charge in [-0.3, -0.25) is 0 Å². The predicted molar refractivity (Wildman–Crippen MR) is 37.8 cm³/mol. The first-order valence-corrected chi connectivity index (χ1v) is 2.95. The van der Waals surface area contributed by atoms with Crippen molar-refractivity contribution in [1.82, 2.24) is 15.8 Å². The summed E-state index contributed by atoms with van der Waals surface area (Å²) in [5, 5.41) is 11.2. The molecular formula is C5H7N5. The third-order valence-electron chi connectivity index (χ3n) is 1.36. The molecule has 0 saturated heterocycles. The first kappa shape index (κ1) is 5.28. The Kier molecular flexibility index (Phi) is 0.913. The summed E-state index contributed by atoms with van der Waals surface area (Å²) in [5.41, 5.74) is 3.76. The van der Waals surface area contributed by atoms with Crippen molar-refractivity contribution in [3.05, 3.63) is 11.8 Å². The maximum Gasteiger partial charge on any atom is 0.106 e. The summed E-state index contributed by atoms with van der Waals surface area (Å²) in [6, 6.07) is 0. The van der Waals surface area contributed by atoms with Gasteiger partial charge in [-0.2, -0.15) is 26.0 Å². The van der Waals surface area contributed by atoms with Gasteiger partial charge in [-0.25, -0.2) is 0 Å². The maximum atomic E-state index is 4.00. The molecule has 1 N–H and O–H groups in total. The number of hydrogen-bond donors (Lipinski definition) is 1. The molecule has 2 aliphatic rings. The summed E-state index contributed by atoms with van der Waals surface area (Å²) in [5.74, 6) is 0. The first-order valence-electron chi connectivity index (χ1n) is 2.95. The Morgan fingerprint density at radius 1 is 1.60 bits per heavy atom. The zero-order chi connectivity index (χ0) is 6.97. The highest BCUT2D eigenvalue weighted by atomic mass is 16.0. The predicted octanol–water partition coefficient (Wildman–Crippen LogP) is -0.477. The number of nitrogens with one attached hydrogen (secondary N) is 1. The zero-order valence-corrected chi connectivity index (χ0v) is 5.52. The highest BCUT2D eigenvalue weighted by Crippen LogP contribution is 2.10. The molecule has 0 aromatic heterocycles. The molecular weight excluding hydrogens is 130 g/mol. The van der Waals surface area contributed by atoms with Gasteiger partial charge < -0.3 is 0 Å². The molecule has 0 aliphatic carbocycles. The van der Waals surface area contributed by atoms with Crippen LogP contribution >= 0.6 is 0 Å². The van der Waals surface area contributed by atoms with Crippen LogP contribution in [0.2, 0.25) is 0 Å². The van der Waals surface area contributed by atoms with Crippen LogP contribution in [0.3, 0.4) is 0 Å². The molecule has 2 heterocycles. The van der Waals surface area contributed by atoms with Gasteiger partial charge in [0.25, 0.3) is 0 Å². The van der Waals surface area contributed by atoms with E-state index in [0.29, 0.717) is 0 Å². The van der Waals surface area contributed by atoms with Gasteiger partial charge in [-0.15, -0.1) is 0 Å². The number of hydrogen-bond acceptors (Lipinski definition) is 5. The molecule has 2 rings (SSSR count). The Hall–Kier alpha value is -1.52. The Morgan fingerprint density at radius 3 is 3.30 bits per heavy atom. The molecule has 52 valence electrons. The monoisotopic (exact) mass is 137 g/mol. The lowest BCUT2D eigenvalue weighted by molar-refractivity contribution is 0.00972. The second-order valence-electron chi connectivity index (χ2n) is 2.02. The van der Waals surface area contributed by atoms with Crippen molar-refractivity contribution < 1.29 is 0 Å². The molecule has 0 aromatic rings. The molecule has 0 aromatic carbocycles. The average molecular weight is 137 g/mol. The number of rotatable bonds is 0. The molecule has 0 unspecified atom stereocenters. The number of fused-ring (bicyclic) bond motifs is 1.